The SMILES string of the molecule is CCn1cncc1COc1cccc2c1NCCC2. The topological polar surface area (TPSA) is 39.1 Å². The van der Waals surface area contributed by atoms with E-state index >= 15 is 0 Å². The number of nitrogens with one attached hydrogen (secondary N) is 1. The highest BCUT2D eigenvalue weighted by Gasteiger charge is 2.13. The molecule has 0 fully saturated rings. The van der Waals surface area contributed by atoms with E-state index in [-0.39, 0.29) is 0 Å². The van der Waals surface area contributed by atoms with Gasteiger partial charge in [-0.1, -0.05) is 12.1 Å². The van der Waals surface area contributed by atoms with Crippen molar-refractivity contribution in [1.82, 2.24) is 9.55 Å². The number of rotatable bonds is 4. The van der Waals surface area contributed by atoms with Gasteiger partial charge >= 0.3 is 0 Å². The molecule has 1 N–H and O–H groups in total. The third-order valence-corrected chi connectivity index (χ3v) is 3.55. The standard InChI is InChI=1S/C15H19N3O/c1-2-18-11-16-9-13(18)10-19-14-7-3-5-12-6-4-8-17-15(12)14/h3,5,7,9,11,17H,2,4,6,8,10H2,1H3. The number of para-hydroxylation sites is 1. The Hall–Kier alpha value is -1.97. The molecule has 0 aliphatic carbocycles. The molecule has 0 atom stereocenters. The summed E-state index contributed by atoms with van der Waals surface area (Å²) in [7, 11) is 0. The first-order valence-electron chi connectivity index (χ1n) is 6.86. The van der Waals surface area contributed by atoms with E-state index < -0.39 is 0 Å². The van der Waals surface area contributed by atoms with Crippen molar-refractivity contribution in [3.8, 4) is 5.75 Å². The van der Waals surface area contributed by atoms with Crippen molar-refractivity contribution in [3.05, 3.63) is 42.0 Å². The van der Waals surface area contributed by atoms with Crippen molar-refractivity contribution in [2.75, 3.05) is 11.9 Å². The lowest BCUT2D eigenvalue weighted by molar-refractivity contribution is 0.296. The summed E-state index contributed by atoms with van der Waals surface area (Å²) >= 11 is 0. The number of nitrogens with zero attached hydrogens (tertiary/aromatic N) is 2. The van der Waals surface area contributed by atoms with E-state index in [4.69, 9.17) is 4.74 Å². The Labute approximate surface area is 113 Å². The van der Waals surface area contributed by atoms with E-state index in [1.54, 1.807) is 0 Å². The first kappa shape index (κ1) is 12.1. The molecule has 100 valence electrons. The van der Waals surface area contributed by atoms with Crippen LogP contribution in [0.3, 0.4) is 0 Å². The third kappa shape index (κ3) is 2.43. The summed E-state index contributed by atoms with van der Waals surface area (Å²) < 4.78 is 8.07. The number of imidazole rings is 1. The summed E-state index contributed by atoms with van der Waals surface area (Å²) in [5, 5.41) is 3.44. The van der Waals surface area contributed by atoms with Crippen LogP contribution in [-0.2, 0) is 19.6 Å². The molecular weight excluding hydrogens is 238 g/mol. The van der Waals surface area contributed by atoms with Gasteiger partial charge in [-0.25, -0.2) is 4.98 Å². The molecular formula is C15H19N3O. The molecule has 0 bridgehead atoms. The molecule has 0 unspecified atom stereocenters. The van der Waals surface area contributed by atoms with E-state index in [9.17, 15) is 0 Å². The summed E-state index contributed by atoms with van der Waals surface area (Å²) in [4.78, 5) is 4.16. The van der Waals surface area contributed by atoms with Crippen LogP contribution in [0.2, 0.25) is 0 Å². The van der Waals surface area contributed by atoms with Gasteiger partial charge in [0.05, 0.1) is 23.9 Å². The molecule has 4 heteroatoms. The number of aryl methyl sites for hydroxylation is 2. The van der Waals surface area contributed by atoms with Gasteiger partial charge in [0.2, 0.25) is 0 Å². The minimum Gasteiger partial charge on any atom is -0.485 e. The fourth-order valence-corrected chi connectivity index (χ4v) is 2.50. The highest BCUT2D eigenvalue weighted by Crippen LogP contribution is 2.32. The van der Waals surface area contributed by atoms with Crippen LogP contribution in [0.4, 0.5) is 5.69 Å². The van der Waals surface area contributed by atoms with Crippen molar-refractivity contribution in [3.63, 3.8) is 0 Å². The maximum Gasteiger partial charge on any atom is 0.143 e. The zero-order valence-corrected chi connectivity index (χ0v) is 11.2. The number of hydrogen-bond donors (Lipinski definition) is 1. The second-order valence-electron chi connectivity index (χ2n) is 4.78. The average molecular weight is 257 g/mol. The number of ether oxygens (including phenoxy) is 1. The van der Waals surface area contributed by atoms with Gasteiger partial charge in [-0.3, -0.25) is 0 Å². The first-order valence-corrected chi connectivity index (χ1v) is 6.86. The molecule has 1 aliphatic rings. The zero-order valence-electron chi connectivity index (χ0n) is 11.2. The van der Waals surface area contributed by atoms with Gasteiger partial charge in [0.15, 0.2) is 0 Å². The minimum atomic E-state index is 0.561. The summed E-state index contributed by atoms with van der Waals surface area (Å²) in [6.07, 6.45) is 6.04. The zero-order chi connectivity index (χ0) is 13.1. The Morgan fingerprint density at radius 1 is 1.42 bits per heavy atom. The molecule has 1 aliphatic heterocycles. The van der Waals surface area contributed by atoms with Gasteiger partial charge in [0.25, 0.3) is 0 Å². The number of hydrogen-bond acceptors (Lipinski definition) is 3. The third-order valence-electron chi connectivity index (χ3n) is 3.55. The predicted octanol–water partition coefficient (Wildman–Crippen LogP) is 2.84. The predicted molar refractivity (Wildman–Crippen MR) is 75.5 cm³/mol. The van der Waals surface area contributed by atoms with Crippen LogP contribution in [0, 0.1) is 0 Å². The van der Waals surface area contributed by atoms with Crippen LogP contribution in [0.15, 0.2) is 30.7 Å². The lowest BCUT2D eigenvalue weighted by atomic mass is 10.0. The lowest BCUT2D eigenvalue weighted by Crippen LogP contribution is -2.13. The normalized spacial score (nSPS) is 13.7. The Morgan fingerprint density at radius 3 is 3.26 bits per heavy atom. The van der Waals surface area contributed by atoms with Crippen molar-refractivity contribution in [2.45, 2.75) is 32.9 Å². The molecule has 0 saturated carbocycles. The molecule has 19 heavy (non-hydrogen) atoms. The van der Waals surface area contributed by atoms with E-state index in [1.807, 2.05) is 18.6 Å². The van der Waals surface area contributed by atoms with E-state index in [0.29, 0.717) is 6.61 Å². The second-order valence-corrected chi connectivity index (χ2v) is 4.78. The molecule has 2 aromatic rings. The van der Waals surface area contributed by atoms with Crippen LogP contribution >= 0.6 is 0 Å². The van der Waals surface area contributed by atoms with E-state index in [2.05, 4.69) is 33.9 Å². The molecule has 4 nitrogen and oxygen atoms in total. The molecule has 0 radical (unpaired) electrons. The van der Waals surface area contributed by atoms with Crippen LogP contribution < -0.4 is 10.1 Å². The van der Waals surface area contributed by atoms with Gasteiger partial charge < -0.3 is 14.6 Å². The molecule has 0 amide bonds. The molecule has 0 saturated heterocycles. The number of fused-ring (bicyclic) bond motifs is 1. The second kappa shape index (κ2) is 5.34. The summed E-state index contributed by atoms with van der Waals surface area (Å²) in [6, 6.07) is 6.27. The molecule has 0 spiro atoms. The summed E-state index contributed by atoms with van der Waals surface area (Å²) in [6.45, 7) is 4.62. The van der Waals surface area contributed by atoms with Crippen LogP contribution in [0.25, 0.3) is 0 Å². The average Bonchev–Trinajstić information content (AvgIpc) is 2.92. The fraction of sp³-hybridized carbons (Fsp3) is 0.400. The highest BCUT2D eigenvalue weighted by molar-refractivity contribution is 5.63. The Bertz CT molecular complexity index is 562. The maximum atomic E-state index is 5.97. The van der Waals surface area contributed by atoms with Gasteiger partial charge in [-0.15, -0.1) is 0 Å². The van der Waals surface area contributed by atoms with Crippen molar-refractivity contribution >= 4 is 5.69 Å². The maximum absolute atomic E-state index is 5.97. The van der Waals surface area contributed by atoms with Crippen molar-refractivity contribution < 1.29 is 4.74 Å². The largest absolute Gasteiger partial charge is 0.485 e. The van der Waals surface area contributed by atoms with E-state index in [1.165, 1.54) is 12.0 Å². The van der Waals surface area contributed by atoms with Crippen molar-refractivity contribution in [2.24, 2.45) is 0 Å². The molecule has 2 heterocycles. The van der Waals surface area contributed by atoms with Gasteiger partial charge in [-0.2, -0.15) is 0 Å². The first-order chi connectivity index (χ1) is 9.38. The monoisotopic (exact) mass is 257 g/mol. The highest BCUT2D eigenvalue weighted by atomic mass is 16.5. The molecule has 1 aromatic carbocycles. The Balaban J connectivity index is 1.77. The Kier molecular flexibility index (Phi) is 3.40. The summed E-state index contributed by atoms with van der Waals surface area (Å²) in [5.41, 5.74) is 3.62. The lowest BCUT2D eigenvalue weighted by Gasteiger charge is -2.21. The number of aromatic nitrogens is 2. The van der Waals surface area contributed by atoms with Crippen LogP contribution in [-0.4, -0.2) is 16.1 Å². The van der Waals surface area contributed by atoms with Gasteiger partial charge in [0.1, 0.15) is 12.4 Å². The van der Waals surface area contributed by atoms with Gasteiger partial charge in [0, 0.05) is 13.1 Å². The quantitative estimate of drug-likeness (QED) is 0.915. The van der Waals surface area contributed by atoms with E-state index in [0.717, 1.165) is 36.6 Å². The van der Waals surface area contributed by atoms with Crippen molar-refractivity contribution in [1.29, 1.82) is 0 Å². The number of anilines is 1. The van der Waals surface area contributed by atoms with Crippen LogP contribution in [0.5, 0.6) is 5.75 Å². The molecule has 1 aromatic heterocycles. The van der Waals surface area contributed by atoms with Crippen LogP contribution in [0.1, 0.15) is 24.6 Å². The Morgan fingerprint density at radius 2 is 2.37 bits per heavy atom. The summed E-state index contributed by atoms with van der Waals surface area (Å²) in [5.74, 6) is 0.945. The molecule has 3 rings (SSSR count). The van der Waals surface area contributed by atoms with Gasteiger partial charge in [-0.05, 0) is 31.4 Å². The minimum absolute atomic E-state index is 0.561. The number of benzene rings is 1. The smallest absolute Gasteiger partial charge is 0.143 e. The fourth-order valence-electron chi connectivity index (χ4n) is 2.50.